The maximum atomic E-state index is 5.39. The second kappa shape index (κ2) is 5.95. The van der Waals surface area contributed by atoms with E-state index in [1.54, 1.807) is 7.11 Å². The summed E-state index contributed by atoms with van der Waals surface area (Å²) < 4.78 is 5.39. The molecule has 0 bridgehead atoms. The van der Waals surface area contributed by atoms with Crippen LogP contribution in [-0.2, 0) is 0 Å². The van der Waals surface area contributed by atoms with Crippen molar-refractivity contribution < 1.29 is 4.74 Å². The van der Waals surface area contributed by atoms with E-state index >= 15 is 0 Å². The molecule has 0 fully saturated rings. The first-order valence-electron chi connectivity index (χ1n) is 6.77. The smallest absolute Gasteiger partial charge is 0.142 e. The van der Waals surface area contributed by atoms with Crippen molar-refractivity contribution in [2.75, 3.05) is 19.0 Å². The van der Waals surface area contributed by atoms with Gasteiger partial charge in [-0.1, -0.05) is 44.7 Å². The minimum Gasteiger partial charge on any atom is -0.495 e. The first-order valence-corrected chi connectivity index (χ1v) is 6.77. The number of anilines is 1. The largest absolute Gasteiger partial charge is 0.495 e. The van der Waals surface area contributed by atoms with E-state index in [1.165, 1.54) is 43.4 Å². The first-order chi connectivity index (χ1) is 8.36. The Kier molecular flexibility index (Phi) is 4.29. The number of rotatable bonds is 6. The molecule has 1 atom stereocenters. The fourth-order valence-electron chi connectivity index (χ4n) is 2.66. The van der Waals surface area contributed by atoms with Crippen LogP contribution in [-0.4, -0.2) is 13.7 Å². The standard InChI is InChI=1S/C15H23NO/c1-3-4-5-6-8-12-11-16-15-13(12)9-7-10-14(15)17-2/h7,9-10,12,16H,3-6,8,11H2,1-2H3. The van der Waals surface area contributed by atoms with Crippen LogP contribution in [0.4, 0.5) is 5.69 Å². The maximum absolute atomic E-state index is 5.39. The van der Waals surface area contributed by atoms with E-state index in [-0.39, 0.29) is 0 Å². The third kappa shape index (κ3) is 2.74. The molecule has 0 radical (unpaired) electrons. The van der Waals surface area contributed by atoms with Crippen molar-refractivity contribution in [2.24, 2.45) is 0 Å². The highest BCUT2D eigenvalue weighted by molar-refractivity contribution is 5.66. The molecule has 1 aliphatic heterocycles. The maximum Gasteiger partial charge on any atom is 0.142 e. The van der Waals surface area contributed by atoms with Gasteiger partial charge in [-0.3, -0.25) is 0 Å². The molecule has 1 heterocycles. The second-order valence-electron chi connectivity index (χ2n) is 4.85. The van der Waals surface area contributed by atoms with Crippen LogP contribution in [0.25, 0.3) is 0 Å². The predicted molar refractivity (Wildman–Crippen MR) is 73.0 cm³/mol. The number of methoxy groups -OCH3 is 1. The molecule has 1 aliphatic rings. The monoisotopic (exact) mass is 233 g/mol. The predicted octanol–water partition coefficient (Wildman–Crippen LogP) is 4.17. The van der Waals surface area contributed by atoms with Crippen molar-refractivity contribution in [3.05, 3.63) is 23.8 Å². The van der Waals surface area contributed by atoms with Gasteiger partial charge in [-0.25, -0.2) is 0 Å². The van der Waals surface area contributed by atoms with Crippen molar-refractivity contribution >= 4 is 5.69 Å². The molecule has 0 saturated heterocycles. The van der Waals surface area contributed by atoms with E-state index in [4.69, 9.17) is 4.74 Å². The molecule has 17 heavy (non-hydrogen) atoms. The molecular weight excluding hydrogens is 210 g/mol. The second-order valence-corrected chi connectivity index (χ2v) is 4.85. The lowest BCUT2D eigenvalue weighted by Crippen LogP contribution is -2.01. The van der Waals surface area contributed by atoms with Crippen molar-refractivity contribution in [2.45, 2.75) is 44.9 Å². The minimum absolute atomic E-state index is 0.678. The molecule has 94 valence electrons. The number of nitrogens with one attached hydrogen (secondary N) is 1. The molecule has 2 rings (SSSR count). The molecule has 0 aliphatic carbocycles. The van der Waals surface area contributed by atoms with Crippen LogP contribution < -0.4 is 10.1 Å². The van der Waals surface area contributed by atoms with Crippen molar-refractivity contribution in [3.8, 4) is 5.75 Å². The molecular formula is C15H23NO. The van der Waals surface area contributed by atoms with Crippen LogP contribution in [0.1, 0.15) is 50.5 Å². The molecule has 0 amide bonds. The van der Waals surface area contributed by atoms with Gasteiger partial charge in [0, 0.05) is 12.5 Å². The fourth-order valence-corrected chi connectivity index (χ4v) is 2.66. The van der Waals surface area contributed by atoms with Gasteiger partial charge in [0.1, 0.15) is 5.75 Å². The normalized spacial score (nSPS) is 17.6. The first kappa shape index (κ1) is 12.3. The quantitative estimate of drug-likeness (QED) is 0.744. The van der Waals surface area contributed by atoms with Crippen LogP contribution in [0, 0.1) is 0 Å². The lowest BCUT2D eigenvalue weighted by molar-refractivity contribution is 0.416. The summed E-state index contributed by atoms with van der Waals surface area (Å²) >= 11 is 0. The molecule has 2 nitrogen and oxygen atoms in total. The Morgan fingerprint density at radius 3 is 2.94 bits per heavy atom. The third-order valence-corrected chi connectivity index (χ3v) is 3.65. The van der Waals surface area contributed by atoms with Gasteiger partial charge in [0.25, 0.3) is 0 Å². The Labute approximate surface area is 104 Å². The van der Waals surface area contributed by atoms with Crippen molar-refractivity contribution in [1.82, 2.24) is 0 Å². The SMILES string of the molecule is CCCCCCC1CNc2c(OC)cccc21. The third-order valence-electron chi connectivity index (χ3n) is 3.65. The summed E-state index contributed by atoms with van der Waals surface area (Å²) in [5.41, 5.74) is 2.66. The van der Waals surface area contributed by atoms with E-state index in [9.17, 15) is 0 Å². The fraction of sp³-hybridized carbons (Fsp3) is 0.600. The zero-order chi connectivity index (χ0) is 12.1. The van der Waals surface area contributed by atoms with E-state index < -0.39 is 0 Å². The highest BCUT2D eigenvalue weighted by Gasteiger charge is 2.23. The van der Waals surface area contributed by atoms with Crippen molar-refractivity contribution in [3.63, 3.8) is 0 Å². The lowest BCUT2D eigenvalue weighted by Gasteiger charge is -2.10. The molecule has 1 N–H and O–H groups in total. The Balaban J connectivity index is 1.97. The van der Waals surface area contributed by atoms with Gasteiger partial charge in [-0.05, 0) is 18.1 Å². The van der Waals surface area contributed by atoms with E-state index in [0.717, 1.165) is 12.3 Å². The zero-order valence-electron chi connectivity index (χ0n) is 11.0. The average Bonchev–Trinajstić information content (AvgIpc) is 2.78. The van der Waals surface area contributed by atoms with E-state index in [1.807, 2.05) is 6.07 Å². The molecule has 1 aromatic carbocycles. The van der Waals surface area contributed by atoms with Gasteiger partial charge in [-0.2, -0.15) is 0 Å². The molecule has 1 aromatic rings. The Morgan fingerprint density at radius 2 is 2.18 bits per heavy atom. The van der Waals surface area contributed by atoms with Gasteiger partial charge in [-0.15, -0.1) is 0 Å². The number of ether oxygens (including phenoxy) is 1. The van der Waals surface area contributed by atoms with Crippen LogP contribution >= 0.6 is 0 Å². The molecule has 1 unspecified atom stereocenters. The van der Waals surface area contributed by atoms with Crippen LogP contribution in [0.5, 0.6) is 5.75 Å². The van der Waals surface area contributed by atoms with Gasteiger partial charge in [0.2, 0.25) is 0 Å². The number of benzene rings is 1. The molecule has 2 heteroatoms. The van der Waals surface area contributed by atoms with Gasteiger partial charge >= 0.3 is 0 Å². The highest BCUT2D eigenvalue weighted by atomic mass is 16.5. The number of fused-ring (bicyclic) bond motifs is 1. The number of unbranched alkanes of at least 4 members (excludes halogenated alkanes) is 3. The van der Waals surface area contributed by atoms with Gasteiger partial charge in [0.05, 0.1) is 12.8 Å². The van der Waals surface area contributed by atoms with E-state index in [0.29, 0.717) is 5.92 Å². The summed E-state index contributed by atoms with van der Waals surface area (Å²) in [5.74, 6) is 1.66. The summed E-state index contributed by atoms with van der Waals surface area (Å²) in [5, 5.41) is 3.49. The van der Waals surface area contributed by atoms with Crippen LogP contribution in [0.15, 0.2) is 18.2 Å². The molecule has 0 saturated carbocycles. The summed E-state index contributed by atoms with van der Waals surface area (Å²) in [6, 6.07) is 6.37. The molecule has 0 aromatic heterocycles. The number of para-hydroxylation sites is 1. The van der Waals surface area contributed by atoms with Gasteiger partial charge in [0.15, 0.2) is 0 Å². The highest BCUT2D eigenvalue weighted by Crippen LogP contribution is 2.40. The van der Waals surface area contributed by atoms with Crippen LogP contribution in [0.3, 0.4) is 0 Å². The number of hydrogen-bond donors (Lipinski definition) is 1. The number of hydrogen-bond acceptors (Lipinski definition) is 2. The van der Waals surface area contributed by atoms with E-state index in [2.05, 4.69) is 24.4 Å². The Bertz CT molecular complexity index is 362. The molecule has 0 spiro atoms. The summed E-state index contributed by atoms with van der Waals surface area (Å²) in [7, 11) is 1.74. The van der Waals surface area contributed by atoms with Crippen LogP contribution in [0.2, 0.25) is 0 Å². The summed E-state index contributed by atoms with van der Waals surface area (Å²) in [6.07, 6.45) is 6.69. The van der Waals surface area contributed by atoms with Crippen molar-refractivity contribution in [1.29, 1.82) is 0 Å². The Hall–Kier alpha value is -1.18. The summed E-state index contributed by atoms with van der Waals surface area (Å²) in [6.45, 7) is 3.33. The lowest BCUT2D eigenvalue weighted by atomic mass is 9.95. The summed E-state index contributed by atoms with van der Waals surface area (Å²) in [4.78, 5) is 0. The zero-order valence-corrected chi connectivity index (χ0v) is 11.0. The Morgan fingerprint density at radius 1 is 1.29 bits per heavy atom. The average molecular weight is 233 g/mol. The van der Waals surface area contributed by atoms with Gasteiger partial charge < -0.3 is 10.1 Å². The minimum atomic E-state index is 0.678. The topological polar surface area (TPSA) is 21.3 Å².